The molecule has 0 fully saturated rings. The molecule has 0 aliphatic carbocycles. The van der Waals surface area contributed by atoms with Crippen molar-refractivity contribution >= 4 is 28.4 Å². The molecule has 0 aliphatic heterocycles. The van der Waals surface area contributed by atoms with Crippen LogP contribution in [0.4, 0.5) is 15.9 Å². The van der Waals surface area contributed by atoms with Crippen LogP contribution in [0.2, 0.25) is 0 Å². The van der Waals surface area contributed by atoms with Gasteiger partial charge in [-0.15, -0.1) is 0 Å². The predicted molar refractivity (Wildman–Crippen MR) is 147 cm³/mol. The fourth-order valence-corrected chi connectivity index (χ4v) is 4.17. The average Bonchev–Trinajstić information content (AvgIpc) is 3.33. The molecule has 39 heavy (non-hydrogen) atoms. The predicted octanol–water partition coefficient (Wildman–Crippen LogP) is 4.81. The first-order valence-electron chi connectivity index (χ1n) is 12.2. The molecule has 3 heterocycles. The highest BCUT2D eigenvalue weighted by atomic mass is 19.1. The standard InChI is InChI=1S/C29H25FN8O/c1-17-3-4-19(9-24(17)30)16-38(2)29(39)26-28(35-14-22(11-31)37-26)33-12-18-5-7-20(8-6-18)21-10-23-25(32)15-36-27(23)34-13-21/h3-10,13-15H,12,16,32H2,1-2H3,(H,33,35)(H,34,36). The number of benzene rings is 2. The van der Waals surface area contributed by atoms with Crippen molar-refractivity contribution in [3.8, 4) is 17.2 Å². The van der Waals surface area contributed by atoms with Crippen LogP contribution in [0.1, 0.15) is 32.9 Å². The highest BCUT2D eigenvalue weighted by molar-refractivity contribution is 5.96. The van der Waals surface area contributed by atoms with Crippen LogP contribution in [0.3, 0.4) is 0 Å². The Balaban J connectivity index is 1.31. The number of amides is 1. The minimum atomic E-state index is -0.439. The maximum absolute atomic E-state index is 14.0. The number of carbonyl (C=O) groups excluding carboxylic acids is 1. The fraction of sp³-hybridized carbons (Fsp3) is 0.138. The second-order valence-electron chi connectivity index (χ2n) is 9.22. The second-order valence-corrected chi connectivity index (χ2v) is 9.22. The summed E-state index contributed by atoms with van der Waals surface area (Å²) in [6, 6.07) is 16.6. The number of hydrogen-bond acceptors (Lipinski definition) is 7. The summed E-state index contributed by atoms with van der Waals surface area (Å²) in [4.78, 5) is 30.6. The largest absolute Gasteiger partial charge is 0.397 e. The van der Waals surface area contributed by atoms with Crippen molar-refractivity contribution in [2.45, 2.75) is 20.0 Å². The maximum Gasteiger partial charge on any atom is 0.276 e. The van der Waals surface area contributed by atoms with Crippen LogP contribution in [0, 0.1) is 24.1 Å². The van der Waals surface area contributed by atoms with Crippen molar-refractivity contribution in [3.05, 3.63) is 101 Å². The van der Waals surface area contributed by atoms with Gasteiger partial charge in [-0.05, 0) is 41.3 Å². The highest BCUT2D eigenvalue weighted by Gasteiger charge is 2.20. The van der Waals surface area contributed by atoms with Gasteiger partial charge in [-0.2, -0.15) is 5.26 Å². The van der Waals surface area contributed by atoms with E-state index in [-0.39, 0.29) is 29.6 Å². The number of nitrogens with two attached hydrogens (primary N) is 1. The maximum atomic E-state index is 14.0. The molecule has 0 bridgehead atoms. The number of aromatic amines is 1. The molecule has 4 N–H and O–H groups in total. The summed E-state index contributed by atoms with van der Waals surface area (Å²) in [6.07, 6.45) is 4.83. The Morgan fingerprint density at radius 1 is 1.10 bits per heavy atom. The van der Waals surface area contributed by atoms with Crippen LogP contribution < -0.4 is 11.1 Å². The van der Waals surface area contributed by atoms with Crippen LogP contribution in [-0.4, -0.2) is 37.8 Å². The zero-order valence-corrected chi connectivity index (χ0v) is 21.4. The smallest absolute Gasteiger partial charge is 0.276 e. The highest BCUT2D eigenvalue weighted by Crippen LogP contribution is 2.26. The number of fused-ring (bicyclic) bond motifs is 1. The van der Waals surface area contributed by atoms with Gasteiger partial charge >= 0.3 is 0 Å². The first-order chi connectivity index (χ1) is 18.8. The van der Waals surface area contributed by atoms with Crippen molar-refractivity contribution in [1.82, 2.24) is 24.8 Å². The van der Waals surface area contributed by atoms with Gasteiger partial charge in [0.2, 0.25) is 0 Å². The summed E-state index contributed by atoms with van der Waals surface area (Å²) < 4.78 is 14.0. The van der Waals surface area contributed by atoms with Gasteiger partial charge in [0.1, 0.15) is 17.5 Å². The molecule has 3 aromatic heterocycles. The van der Waals surface area contributed by atoms with Crippen LogP contribution in [0.15, 0.2) is 67.1 Å². The topological polar surface area (TPSA) is 137 Å². The quantitative estimate of drug-likeness (QED) is 0.280. The number of anilines is 2. The Kier molecular flexibility index (Phi) is 6.89. The Bertz CT molecular complexity index is 1720. The van der Waals surface area contributed by atoms with E-state index in [0.29, 0.717) is 23.4 Å². The van der Waals surface area contributed by atoms with Gasteiger partial charge in [0.15, 0.2) is 17.2 Å². The second kappa shape index (κ2) is 10.6. The lowest BCUT2D eigenvalue weighted by Crippen LogP contribution is -2.28. The molecule has 0 aliphatic rings. The van der Waals surface area contributed by atoms with Crippen molar-refractivity contribution in [3.63, 3.8) is 0 Å². The van der Waals surface area contributed by atoms with Crippen molar-refractivity contribution in [2.75, 3.05) is 18.1 Å². The van der Waals surface area contributed by atoms with E-state index in [0.717, 1.165) is 27.7 Å². The molecule has 0 radical (unpaired) electrons. The Morgan fingerprint density at radius 3 is 2.62 bits per heavy atom. The number of rotatable bonds is 7. The first-order valence-corrected chi connectivity index (χ1v) is 12.2. The summed E-state index contributed by atoms with van der Waals surface area (Å²) in [7, 11) is 1.59. The van der Waals surface area contributed by atoms with E-state index in [9.17, 15) is 14.4 Å². The first kappa shape index (κ1) is 25.4. The summed E-state index contributed by atoms with van der Waals surface area (Å²) >= 11 is 0. The van der Waals surface area contributed by atoms with Gasteiger partial charge in [-0.25, -0.2) is 19.3 Å². The summed E-state index contributed by atoms with van der Waals surface area (Å²) in [5.74, 6) is -0.522. The minimum absolute atomic E-state index is 0.0178. The number of H-pyrrole nitrogens is 1. The summed E-state index contributed by atoms with van der Waals surface area (Å²) in [6.45, 7) is 2.22. The molecule has 2 aromatic carbocycles. The van der Waals surface area contributed by atoms with E-state index in [4.69, 9.17) is 5.73 Å². The van der Waals surface area contributed by atoms with E-state index in [1.807, 2.05) is 36.4 Å². The number of halogens is 1. The van der Waals surface area contributed by atoms with Gasteiger partial charge in [-0.1, -0.05) is 36.4 Å². The SMILES string of the molecule is Cc1ccc(CN(C)C(=O)c2nc(C#N)cnc2NCc2ccc(-c3cnc4[nH]cc(N)c4c3)cc2)cc1F. The number of carbonyl (C=O) groups is 1. The van der Waals surface area contributed by atoms with Crippen molar-refractivity contribution in [2.24, 2.45) is 0 Å². The van der Waals surface area contributed by atoms with Crippen molar-refractivity contribution in [1.29, 1.82) is 5.26 Å². The Hall–Kier alpha value is -5.30. The normalized spacial score (nSPS) is 10.8. The van der Waals surface area contributed by atoms with E-state index < -0.39 is 5.91 Å². The van der Waals surface area contributed by atoms with Gasteiger partial charge in [-0.3, -0.25) is 4.79 Å². The molecule has 0 spiro atoms. The van der Waals surface area contributed by atoms with E-state index >= 15 is 0 Å². The number of nitrogen functional groups attached to an aromatic ring is 1. The molecule has 0 saturated heterocycles. The summed E-state index contributed by atoms with van der Waals surface area (Å²) in [5, 5.41) is 13.3. The zero-order valence-electron chi connectivity index (χ0n) is 21.4. The molecule has 194 valence electrons. The van der Waals surface area contributed by atoms with E-state index in [2.05, 4.69) is 25.3 Å². The van der Waals surface area contributed by atoms with Crippen LogP contribution in [0.25, 0.3) is 22.2 Å². The van der Waals surface area contributed by atoms with Gasteiger partial charge < -0.3 is 20.9 Å². The van der Waals surface area contributed by atoms with Gasteiger partial charge in [0.05, 0.1) is 11.9 Å². The lowest BCUT2D eigenvalue weighted by Gasteiger charge is -2.19. The third kappa shape index (κ3) is 5.38. The monoisotopic (exact) mass is 520 g/mol. The number of aryl methyl sites for hydroxylation is 1. The Labute approximate surface area is 224 Å². The fourth-order valence-electron chi connectivity index (χ4n) is 4.17. The molecular formula is C29H25FN8O. The number of nitrogens with one attached hydrogen (secondary N) is 2. The average molecular weight is 521 g/mol. The van der Waals surface area contributed by atoms with Crippen LogP contribution >= 0.6 is 0 Å². The molecule has 0 unspecified atom stereocenters. The molecule has 10 heteroatoms. The summed E-state index contributed by atoms with van der Waals surface area (Å²) in [5.41, 5.74) is 11.5. The number of pyridine rings is 1. The minimum Gasteiger partial charge on any atom is -0.397 e. The van der Waals surface area contributed by atoms with Gasteiger partial charge in [0.25, 0.3) is 5.91 Å². The molecule has 0 saturated carbocycles. The van der Waals surface area contributed by atoms with E-state index in [1.54, 1.807) is 38.5 Å². The number of hydrogen-bond donors (Lipinski definition) is 3. The third-order valence-corrected chi connectivity index (χ3v) is 6.40. The molecule has 0 atom stereocenters. The number of nitrogens with zero attached hydrogens (tertiary/aromatic N) is 5. The molecule has 5 rings (SSSR count). The van der Waals surface area contributed by atoms with Crippen LogP contribution in [-0.2, 0) is 13.1 Å². The molecule has 1 amide bonds. The van der Waals surface area contributed by atoms with Crippen molar-refractivity contribution < 1.29 is 9.18 Å². The van der Waals surface area contributed by atoms with E-state index in [1.165, 1.54) is 17.2 Å². The molecular weight excluding hydrogens is 495 g/mol. The van der Waals surface area contributed by atoms with Gasteiger partial charge in [0, 0.05) is 43.5 Å². The molecule has 5 aromatic rings. The number of nitriles is 1. The lowest BCUT2D eigenvalue weighted by atomic mass is 10.0. The third-order valence-electron chi connectivity index (χ3n) is 6.40. The lowest BCUT2D eigenvalue weighted by molar-refractivity contribution is 0.0779. The van der Waals surface area contributed by atoms with Crippen LogP contribution in [0.5, 0.6) is 0 Å². The number of aromatic nitrogens is 4. The Morgan fingerprint density at radius 2 is 1.87 bits per heavy atom. The molecule has 9 nitrogen and oxygen atoms in total. The zero-order chi connectivity index (χ0) is 27.5.